The lowest BCUT2D eigenvalue weighted by atomic mass is 10.2. The summed E-state index contributed by atoms with van der Waals surface area (Å²) in [4.78, 5) is 17.5. The average Bonchev–Trinajstić information content (AvgIpc) is 3.04. The van der Waals surface area contributed by atoms with Crippen LogP contribution in [0.25, 0.3) is 16.7 Å². The van der Waals surface area contributed by atoms with E-state index in [9.17, 15) is 0 Å². The maximum atomic E-state index is 4.54. The first kappa shape index (κ1) is 16.8. The Hall–Kier alpha value is -3.61. The Morgan fingerprint density at radius 3 is 2.63 bits per heavy atom. The molecular formula is C20H19N7. The van der Waals surface area contributed by atoms with E-state index < -0.39 is 0 Å². The van der Waals surface area contributed by atoms with Gasteiger partial charge in [-0.05, 0) is 45.0 Å². The van der Waals surface area contributed by atoms with Crippen molar-refractivity contribution in [2.45, 2.75) is 20.8 Å². The van der Waals surface area contributed by atoms with E-state index in [4.69, 9.17) is 0 Å². The largest absolute Gasteiger partial charge is 0.288 e. The highest BCUT2D eigenvalue weighted by molar-refractivity contribution is 5.99. The van der Waals surface area contributed by atoms with Crippen molar-refractivity contribution in [3.05, 3.63) is 72.2 Å². The number of hydrogen-bond donors (Lipinski definition) is 1. The fourth-order valence-corrected chi connectivity index (χ4v) is 2.89. The first-order valence-electron chi connectivity index (χ1n) is 8.61. The van der Waals surface area contributed by atoms with Gasteiger partial charge in [0.15, 0.2) is 5.82 Å². The molecule has 7 nitrogen and oxygen atoms in total. The highest BCUT2D eigenvalue weighted by atomic mass is 15.3. The lowest BCUT2D eigenvalue weighted by molar-refractivity contribution is 0.932. The van der Waals surface area contributed by atoms with Gasteiger partial charge in [0.2, 0.25) is 0 Å². The highest BCUT2D eigenvalue weighted by Crippen LogP contribution is 2.18. The van der Waals surface area contributed by atoms with Crippen LogP contribution in [0.3, 0.4) is 0 Å². The zero-order chi connectivity index (χ0) is 18.8. The third kappa shape index (κ3) is 3.39. The number of hydrazone groups is 1. The number of aryl methyl sites for hydroxylation is 2. The molecule has 134 valence electrons. The van der Waals surface area contributed by atoms with Crippen LogP contribution in [-0.4, -0.2) is 30.2 Å². The van der Waals surface area contributed by atoms with Crippen molar-refractivity contribution >= 4 is 22.4 Å². The van der Waals surface area contributed by atoms with E-state index in [0.29, 0.717) is 5.82 Å². The number of anilines is 1. The number of aromatic nitrogens is 5. The van der Waals surface area contributed by atoms with Gasteiger partial charge in [0.1, 0.15) is 18.0 Å². The van der Waals surface area contributed by atoms with E-state index in [2.05, 4.69) is 30.5 Å². The summed E-state index contributed by atoms with van der Waals surface area (Å²) in [5.74, 6) is 2.42. The number of nitrogens with one attached hydrogen (secondary N) is 1. The Labute approximate surface area is 156 Å². The first-order chi connectivity index (χ1) is 13.1. The maximum absolute atomic E-state index is 4.54. The van der Waals surface area contributed by atoms with Crippen LogP contribution in [-0.2, 0) is 0 Å². The molecule has 0 aliphatic heterocycles. The number of hydrogen-bond acceptors (Lipinski definition) is 6. The summed E-state index contributed by atoms with van der Waals surface area (Å²) in [7, 11) is 0. The van der Waals surface area contributed by atoms with Crippen LogP contribution in [0.4, 0.5) is 5.82 Å². The molecule has 0 bridgehead atoms. The molecule has 4 rings (SSSR count). The third-order valence-electron chi connectivity index (χ3n) is 4.29. The molecule has 0 aliphatic rings. The molecule has 1 N–H and O–H groups in total. The fourth-order valence-electron chi connectivity index (χ4n) is 2.89. The van der Waals surface area contributed by atoms with Crippen molar-refractivity contribution in [2.75, 3.05) is 5.43 Å². The van der Waals surface area contributed by atoms with Gasteiger partial charge in [-0.15, -0.1) is 0 Å². The Morgan fingerprint density at radius 1 is 1.04 bits per heavy atom. The predicted molar refractivity (Wildman–Crippen MR) is 106 cm³/mol. The van der Waals surface area contributed by atoms with Crippen molar-refractivity contribution in [1.82, 2.24) is 24.5 Å². The monoisotopic (exact) mass is 357 g/mol. The second-order valence-electron chi connectivity index (χ2n) is 6.25. The van der Waals surface area contributed by atoms with Crippen LogP contribution in [0, 0.1) is 13.8 Å². The van der Waals surface area contributed by atoms with E-state index >= 15 is 0 Å². The van der Waals surface area contributed by atoms with Crippen LogP contribution < -0.4 is 5.43 Å². The molecule has 0 saturated carbocycles. The Bertz CT molecular complexity index is 1120. The topological polar surface area (TPSA) is 80.9 Å². The third-order valence-corrected chi connectivity index (χ3v) is 4.29. The molecule has 0 radical (unpaired) electrons. The molecule has 3 heterocycles. The average molecular weight is 357 g/mol. The summed E-state index contributed by atoms with van der Waals surface area (Å²) < 4.78 is 1.97. The van der Waals surface area contributed by atoms with Gasteiger partial charge in [-0.2, -0.15) is 5.10 Å². The standard InChI is InChI=1S/C20H19N7/c1-13-11-27(15(3)24-13)19-9-8-16(10-21-19)14(2)25-26-20-17-6-4-5-7-18(17)22-12-23-20/h4-12H,1-3H3,(H,22,23,26). The molecule has 3 aromatic heterocycles. The molecule has 0 unspecified atom stereocenters. The SMILES string of the molecule is CC(=NNc1ncnc2ccccc12)c1ccc(-n2cc(C)nc2C)nc1. The van der Waals surface area contributed by atoms with Gasteiger partial charge >= 0.3 is 0 Å². The molecule has 0 spiro atoms. The quantitative estimate of drug-likeness (QED) is 0.445. The molecule has 0 aliphatic carbocycles. The second kappa shape index (κ2) is 6.95. The maximum Gasteiger partial charge on any atom is 0.157 e. The number of fused-ring (bicyclic) bond motifs is 1. The van der Waals surface area contributed by atoms with Gasteiger partial charge in [0, 0.05) is 23.3 Å². The minimum atomic E-state index is 0.675. The number of para-hydroxylation sites is 1. The van der Waals surface area contributed by atoms with Crippen molar-refractivity contribution in [2.24, 2.45) is 5.10 Å². The van der Waals surface area contributed by atoms with Crippen LogP contribution >= 0.6 is 0 Å². The van der Waals surface area contributed by atoms with Gasteiger partial charge in [0.25, 0.3) is 0 Å². The van der Waals surface area contributed by atoms with Gasteiger partial charge in [-0.1, -0.05) is 12.1 Å². The van der Waals surface area contributed by atoms with E-state index in [1.165, 1.54) is 6.33 Å². The van der Waals surface area contributed by atoms with Gasteiger partial charge < -0.3 is 0 Å². The van der Waals surface area contributed by atoms with Crippen molar-refractivity contribution in [3.8, 4) is 5.82 Å². The lowest BCUT2D eigenvalue weighted by Crippen LogP contribution is -2.04. The number of pyridine rings is 1. The molecular weight excluding hydrogens is 338 g/mol. The molecule has 0 saturated heterocycles. The van der Waals surface area contributed by atoms with Crippen LogP contribution in [0.15, 0.2) is 60.2 Å². The summed E-state index contributed by atoms with van der Waals surface area (Å²) in [6, 6.07) is 11.8. The Morgan fingerprint density at radius 2 is 1.89 bits per heavy atom. The summed E-state index contributed by atoms with van der Waals surface area (Å²) in [5.41, 5.74) is 6.63. The zero-order valence-electron chi connectivity index (χ0n) is 15.4. The normalized spacial score (nSPS) is 11.7. The smallest absolute Gasteiger partial charge is 0.157 e. The molecule has 0 amide bonds. The van der Waals surface area contributed by atoms with Crippen molar-refractivity contribution in [1.29, 1.82) is 0 Å². The minimum Gasteiger partial charge on any atom is -0.288 e. The first-order valence-corrected chi connectivity index (χ1v) is 8.61. The second-order valence-corrected chi connectivity index (χ2v) is 6.25. The molecule has 27 heavy (non-hydrogen) atoms. The number of rotatable bonds is 4. The van der Waals surface area contributed by atoms with Crippen molar-refractivity contribution < 1.29 is 0 Å². The molecule has 4 aromatic rings. The summed E-state index contributed by atoms with van der Waals surface area (Å²) in [6.07, 6.45) is 5.31. The van der Waals surface area contributed by atoms with E-state index in [0.717, 1.165) is 39.5 Å². The Balaban J connectivity index is 1.57. The molecule has 7 heteroatoms. The highest BCUT2D eigenvalue weighted by Gasteiger charge is 2.06. The van der Waals surface area contributed by atoms with Gasteiger partial charge in [-0.3, -0.25) is 9.99 Å². The van der Waals surface area contributed by atoms with Gasteiger partial charge in [0.05, 0.1) is 16.9 Å². The number of imidazole rings is 1. The van der Waals surface area contributed by atoms with Crippen LogP contribution in [0.2, 0.25) is 0 Å². The van der Waals surface area contributed by atoms with Crippen LogP contribution in [0.5, 0.6) is 0 Å². The molecule has 1 aromatic carbocycles. The zero-order valence-corrected chi connectivity index (χ0v) is 15.4. The van der Waals surface area contributed by atoms with Crippen molar-refractivity contribution in [3.63, 3.8) is 0 Å². The molecule has 0 atom stereocenters. The van der Waals surface area contributed by atoms with E-state index in [1.54, 1.807) is 0 Å². The number of nitrogens with zero attached hydrogens (tertiary/aromatic N) is 6. The summed E-state index contributed by atoms with van der Waals surface area (Å²) in [6.45, 7) is 5.86. The molecule has 0 fully saturated rings. The number of benzene rings is 1. The summed E-state index contributed by atoms with van der Waals surface area (Å²) >= 11 is 0. The van der Waals surface area contributed by atoms with Gasteiger partial charge in [-0.25, -0.2) is 19.9 Å². The van der Waals surface area contributed by atoms with Crippen LogP contribution in [0.1, 0.15) is 24.0 Å². The fraction of sp³-hybridized carbons (Fsp3) is 0.150. The summed E-state index contributed by atoms with van der Waals surface area (Å²) in [5, 5.41) is 5.38. The lowest BCUT2D eigenvalue weighted by Gasteiger charge is -2.07. The van der Waals surface area contributed by atoms with E-state index in [1.807, 2.05) is 74.1 Å². The Kier molecular flexibility index (Phi) is 4.33. The minimum absolute atomic E-state index is 0.675. The predicted octanol–water partition coefficient (Wildman–Crippen LogP) is 3.66. The van der Waals surface area contributed by atoms with E-state index in [-0.39, 0.29) is 0 Å².